The fraction of sp³-hybridized carbons (Fsp3) is 0.462. The summed E-state index contributed by atoms with van der Waals surface area (Å²) in [6, 6.07) is 7.40. The molecule has 1 heterocycles. The van der Waals surface area contributed by atoms with Crippen LogP contribution in [0.2, 0.25) is 0 Å². The van der Waals surface area contributed by atoms with E-state index in [-0.39, 0.29) is 18.6 Å². The molecule has 4 heteroatoms. The highest BCUT2D eigenvalue weighted by Gasteiger charge is 2.32. The zero-order valence-electron chi connectivity index (χ0n) is 9.93. The van der Waals surface area contributed by atoms with Crippen molar-refractivity contribution >= 4 is 11.7 Å². The summed E-state index contributed by atoms with van der Waals surface area (Å²) in [4.78, 5) is 13.7. The van der Waals surface area contributed by atoms with Gasteiger partial charge in [0.1, 0.15) is 6.04 Å². The van der Waals surface area contributed by atoms with Gasteiger partial charge in [-0.2, -0.15) is 0 Å². The molecule has 0 aromatic heterocycles. The van der Waals surface area contributed by atoms with E-state index in [1.165, 1.54) is 7.11 Å². The molecular weight excluding hydrogens is 218 g/mol. The summed E-state index contributed by atoms with van der Waals surface area (Å²) in [6.45, 7) is 0.817. The van der Waals surface area contributed by atoms with Crippen molar-refractivity contribution < 1.29 is 14.6 Å². The van der Waals surface area contributed by atoms with Gasteiger partial charge in [0.25, 0.3) is 0 Å². The number of benzene rings is 1. The van der Waals surface area contributed by atoms with Gasteiger partial charge in [-0.25, -0.2) is 4.79 Å². The minimum atomic E-state index is -0.215. The number of nitrogens with zero attached hydrogens (tertiary/aromatic N) is 1. The van der Waals surface area contributed by atoms with E-state index in [0.29, 0.717) is 0 Å². The average Bonchev–Trinajstić information content (AvgIpc) is 2.86. The van der Waals surface area contributed by atoms with Crippen LogP contribution in [0.5, 0.6) is 0 Å². The van der Waals surface area contributed by atoms with E-state index < -0.39 is 0 Å². The Balaban J connectivity index is 2.29. The van der Waals surface area contributed by atoms with E-state index in [4.69, 9.17) is 4.74 Å². The van der Waals surface area contributed by atoms with E-state index in [2.05, 4.69) is 0 Å². The normalized spacial score (nSPS) is 19.4. The topological polar surface area (TPSA) is 49.8 Å². The molecule has 1 aromatic carbocycles. The van der Waals surface area contributed by atoms with Crippen molar-refractivity contribution in [1.29, 1.82) is 0 Å². The molecular formula is C13H17NO3. The van der Waals surface area contributed by atoms with Crippen LogP contribution < -0.4 is 4.90 Å². The molecule has 0 bridgehead atoms. The van der Waals surface area contributed by atoms with Gasteiger partial charge in [-0.1, -0.05) is 18.2 Å². The molecule has 4 nitrogen and oxygen atoms in total. The molecule has 1 aromatic rings. The highest BCUT2D eigenvalue weighted by molar-refractivity contribution is 5.81. The van der Waals surface area contributed by atoms with E-state index in [1.54, 1.807) is 0 Å². The van der Waals surface area contributed by atoms with Gasteiger partial charge >= 0.3 is 5.97 Å². The minimum Gasteiger partial charge on any atom is -0.467 e. The molecule has 1 N–H and O–H groups in total. The van der Waals surface area contributed by atoms with E-state index in [1.807, 2.05) is 29.2 Å². The predicted molar refractivity (Wildman–Crippen MR) is 64.7 cm³/mol. The first kappa shape index (κ1) is 11.9. The number of hydrogen-bond acceptors (Lipinski definition) is 4. The number of ether oxygens (including phenoxy) is 1. The summed E-state index contributed by atoms with van der Waals surface area (Å²) < 4.78 is 4.82. The molecule has 0 saturated carbocycles. The number of anilines is 1. The van der Waals surface area contributed by atoms with Crippen molar-refractivity contribution in [3.8, 4) is 0 Å². The number of hydrogen-bond donors (Lipinski definition) is 1. The Labute approximate surface area is 101 Å². The Morgan fingerprint density at radius 1 is 1.53 bits per heavy atom. The monoisotopic (exact) mass is 235 g/mol. The van der Waals surface area contributed by atoms with Crippen molar-refractivity contribution in [2.24, 2.45) is 0 Å². The molecule has 2 rings (SSSR count). The SMILES string of the molecule is COC(=O)C1CCCN1c1ccccc1CO. The van der Waals surface area contributed by atoms with Crippen LogP contribution in [0.3, 0.4) is 0 Å². The molecule has 1 aliphatic rings. The zero-order chi connectivity index (χ0) is 12.3. The summed E-state index contributed by atoms with van der Waals surface area (Å²) >= 11 is 0. The molecule has 1 saturated heterocycles. The third-order valence-corrected chi connectivity index (χ3v) is 3.20. The molecule has 0 radical (unpaired) electrons. The number of esters is 1. The van der Waals surface area contributed by atoms with Crippen molar-refractivity contribution in [2.45, 2.75) is 25.5 Å². The van der Waals surface area contributed by atoms with Gasteiger partial charge in [-0.3, -0.25) is 0 Å². The van der Waals surface area contributed by atoms with E-state index in [0.717, 1.165) is 30.6 Å². The zero-order valence-corrected chi connectivity index (χ0v) is 9.93. The predicted octanol–water partition coefficient (Wildman–Crippen LogP) is 1.32. The molecule has 17 heavy (non-hydrogen) atoms. The lowest BCUT2D eigenvalue weighted by molar-refractivity contribution is -0.141. The van der Waals surface area contributed by atoms with Gasteiger partial charge in [-0.15, -0.1) is 0 Å². The largest absolute Gasteiger partial charge is 0.467 e. The van der Waals surface area contributed by atoms with Gasteiger partial charge in [0, 0.05) is 17.8 Å². The second kappa shape index (κ2) is 5.19. The molecule has 1 fully saturated rings. The first-order valence-electron chi connectivity index (χ1n) is 5.81. The van der Waals surface area contributed by atoms with Crippen LogP contribution in [0.4, 0.5) is 5.69 Å². The molecule has 1 atom stereocenters. The first-order chi connectivity index (χ1) is 8.27. The van der Waals surface area contributed by atoms with Gasteiger partial charge in [0.05, 0.1) is 13.7 Å². The van der Waals surface area contributed by atoms with Crippen LogP contribution in [-0.2, 0) is 16.1 Å². The second-order valence-corrected chi connectivity index (χ2v) is 4.16. The highest BCUT2D eigenvalue weighted by Crippen LogP contribution is 2.29. The molecule has 0 spiro atoms. The van der Waals surface area contributed by atoms with Crippen LogP contribution >= 0.6 is 0 Å². The van der Waals surface area contributed by atoms with Gasteiger partial charge in [0.2, 0.25) is 0 Å². The Morgan fingerprint density at radius 2 is 2.29 bits per heavy atom. The Kier molecular flexibility index (Phi) is 3.64. The quantitative estimate of drug-likeness (QED) is 0.803. The maximum Gasteiger partial charge on any atom is 0.328 e. The minimum absolute atomic E-state index is 0.0133. The molecule has 0 aliphatic carbocycles. The summed E-state index contributed by atoms with van der Waals surface area (Å²) in [7, 11) is 1.41. The maximum absolute atomic E-state index is 11.7. The lowest BCUT2D eigenvalue weighted by Gasteiger charge is -2.26. The standard InChI is InChI=1S/C13H17NO3/c1-17-13(16)12-7-4-8-14(12)11-6-3-2-5-10(11)9-15/h2-3,5-6,12,15H,4,7-9H2,1H3. The molecule has 1 unspecified atom stereocenters. The van der Waals surface area contributed by atoms with Crippen molar-refractivity contribution in [2.75, 3.05) is 18.6 Å². The smallest absolute Gasteiger partial charge is 0.328 e. The Morgan fingerprint density at radius 3 is 3.00 bits per heavy atom. The highest BCUT2D eigenvalue weighted by atomic mass is 16.5. The van der Waals surface area contributed by atoms with Crippen molar-refractivity contribution in [3.05, 3.63) is 29.8 Å². The molecule has 0 amide bonds. The number of methoxy groups -OCH3 is 1. The third-order valence-electron chi connectivity index (χ3n) is 3.20. The Hall–Kier alpha value is -1.55. The van der Waals surface area contributed by atoms with Crippen LogP contribution in [0.15, 0.2) is 24.3 Å². The van der Waals surface area contributed by atoms with Crippen LogP contribution in [0.25, 0.3) is 0 Å². The first-order valence-corrected chi connectivity index (χ1v) is 5.81. The van der Waals surface area contributed by atoms with Crippen LogP contribution in [0.1, 0.15) is 18.4 Å². The fourth-order valence-corrected chi connectivity index (χ4v) is 2.36. The summed E-state index contributed by atoms with van der Waals surface area (Å²) in [5.74, 6) is -0.199. The van der Waals surface area contributed by atoms with Crippen LogP contribution in [-0.4, -0.2) is 30.8 Å². The van der Waals surface area contributed by atoms with Crippen molar-refractivity contribution in [1.82, 2.24) is 0 Å². The van der Waals surface area contributed by atoms with Crippen molar-refractivity contribution in [3.63, 3.8) is 0 Å². The summed E-state index contributed by atoms with van der Waals surface area (Å²) in [5.41, 5.74) is 1.78. The second-order valence-electron chi connectivity index (χ2n) is 4.16. The molecule has 92 valence electrons. The number of aliphatic hydroxyl groups excluding tert-OH is 1. The van der Waals surface area contributed by atoms with E-state index in [9.17, 15) is 9.90 Å². The number of carbonyl (C=O) groups excluding carboxylic acids is 1. The number of carbonyl (C=O) groups is 1. The number of para-hydroxylation sites is 1. The van der Waals surface area contributed by atoms with Crippen LogP contribution in [0, 0.1) is 0 Å². The number of aliphatic hydroxyl groups is 1. The summed E-state index contributed by atoms with van der Waals surface area (Å²) in [6.07, 6.45) is 1.78. The average molecular weight is 235 g/mol. The van der Waals surface area contributed by atoms with Gasteiger partial charge in [0.15, 0.2) is 0 Å². The summed E-state index contributed by atoms with van der Waals surface area (Å²) in [5, 5.41) is 9.32. The fourth-order valence-electron chi connectivity index (χ4n) is 2.36. The maximum atomic E-state index is 11.7. The Bertz CT molecular complexity index is 405. The number of rotatable bonds is 3. The van der Waals surface area contributed by atoms with Gasteiger partial charge < -0.3 is 14.7 Å². The van der Waals surface area contributed by atoms with Gasteiger partial charge in [-0.05, 0) is 18.9 Å². The molecule has 1 aliphatic heterocycles. The van der Waals surface area contributed by atoms with E-state index >= 15 is 0 Å². The lowest BCUT2D eigenvalue weighted by atomic mass is 10.1. The lowest BCUT2D eigenvalue weighted by Crippen LogP contribution is -2.37. The third kappa shape index (κ3) is 2.26.